The Balaban J connectivity index is 1.50. The molecule has 1 aliphatic carbocycles. The van der Waals surface area contributed by atoms with E-state index >= 15 is 0 Å². The second kappa shape index (κ2) is 6.91. The van der Waals surface area contributed by atoms with Gasteiger partial charge in [0.2, 0.25) is 10.0 Å². The number of H-pyrrole nitrogens is 1. The van der Waals surface area contributed by atoms with E-state index in [1.54, 1.807) is 29.5 Å². The average Bonchev–Trinajstić information content (AvgIpc) is 3.14. The number of carbonyl (C=O) groups excluding carboxylic acids is 1. The number of amides is 1. The first kappa shape index (κ1) is 17.9. The first-order valence-electron chi connectivity index (χ1n) is 8.47. The number of carbonyl (C=O) groups is 1. The molecule has 0 bridgehead atoms. The number of hydrogen-bond donors (Lipinski definition) is 3. The van der Waals surface area contributed by atoms with E-state index in [0.29, 0.717) is 5.82 Å². The third-order valence-electron chi connectivity index (χ3n) is 4.13. The zero-order chi connectivity index (χ0) is 19.0. The van der Waals surface area contributed by atoms with Crippen LogP contribution in [0, 0.1) is 6.92 Å². The summed E-state index contributed by atoms with van der Waals surface area (Å²) >= 11 is 1.63. The lowest BCUT2D eigenvalue weighted by Gasteiger charge is -2.07. The number of benzene rings is 1. The number of nitrogens with zero attached hydrogens (tertiary/aromatic N) is 1. The Morgan fingerprint density at radius 2 is 2.04 bits per heavy atom. The number of rotatable bonds is 6. The summed E-state index contributed by atoms with van der Waals surface area (Å²) in [6.07, 6.45) is 1.70. The summed E-state index contributed by atoms with van der Waals surface area (Å²) in [5.74, 6) is -0.0377. The van der Waals surface area contributed by atoms with Crippen molar-refractivity contribution in [2.45, 2.75) is 30.7 Å². The average molecular weight is 403 g/mol. The van der Waals surface area contributed by atoms with Crippen LogP contribution < -0.4 is 10.0 Å². The maximum absolute atomic E-state index is 12.5. The number of anilines is 1. The van der Waals surface area contributed by atoms with Crippen LogP contribution in [-0.4, -0.2) is 30.6 Å². The summed E-state index contributed by atoms with van der Waals surface area (Å²) in [5.41, 5.74) is 1.07. The molecule has 3 N–H and O–H groups in total. The molecule has 1 aliphatic rings. The molecule has 1 amide bonds. The monoisotopic (exact) mass is 402 g/mol. The van der Waals surface area contributed by atoms with E-state index in [0.717, 1.165) is 23.4 Å². The smallest absolute Gasteiger partial charge is 0.256 e. The number of aryl methyl sites for hydroxylation is 1. The highest BCUT2D eigenvalue weighted by Gasteiger charge is 2.28. The second-order valence-electron chi connectivity index (χ2n) is 6.45. The highest BCUT2D eigenvalue weighted by Crippen LogP contribution is 2.27. The lowest BCUT2D eigenvalue weighted by molar-refractivity contribution is 0.102. The molecule has 0 unspecified atom stereocenters. The molecule has 0 saturated heterocycles. The van der Waals surface area contributed by atoms with Gasteiger partial charge >= 0.3 is 0 Å². The summed E-state index contributed by atoms with van der Waals surface area (Å²) in [7, 11) is -3.61. The van der Waals surface area contributed by atoms with Crippen LogP contribution in [0.5, 0.6) is 0 Å². The molecule has 1 fully saturated rings. The largest absolute Gasteiger partial charge is 0.305 e. The number of hydrogen-bond acceptors (Lipinski definition) is 5. The Morgan fingerprint density at radius 1 is 1.22 bits per heavy atom. The van der Waals surface area contributed by atoms with Gasteiger partial charge in [-0.1, -0.05) is 6.07 Å². The van der Waals surface area contributed by atoms with Gasteiger partial charge in [-0.15, -0.1) is 11.3 Å². The molecular weight excluding hydrogens is 384 g/mol. The number of nitrogens with one attached hydrogen (secondary N) is 3. The molecule has 1 aromatic carbocycles. The molecule has 9 heteroatoms. The molecule has 2 aromatic heterocycles. The van der Waals surface area contributed by atoms with Crippen LogP contribution in [0.25, 0.3) is 10.6 Å². The zero-order valence-electron chi connectivity index (χ0n) is 14.5. The van der Waals surface area contributed by atoms with Crippen molar-refractivity contribution >= 4 is 33.1 Å². The van der Waals surface area contributed by atoms with Crippen LogP contribution in [0.2, 0.25) is 0 Å². The summed E-state index contributed by atoms with van der Waals surface area (Å²) in [4.78, 5) is 14.8. The molecule has 140 valence electrons. The van der Waals surface area contributed by atoms with E-state index in [4.69, 9.17) is 0 Å². The van der Waals surface area contributed by atoms with Gasteiger partial charge in [-0.3, -0.25) is 9.89 Å². The SMILES string of the molecule is Cc1ccc(-c2cc(NC(=O)c3cccc(S(=O)(=O)NC4CC4)c3)n[nH]2)s1. The van der Waals surface area contributed by atoms with Crippen LogP contribution in [-0.2, 0) is 10.0 Å². The minimum Gasteiger partial charge on any atom is -0.305 e. The van der Waals surface area contributed by atoms with Crippen molar-refractivity contribution < 1.29 is 13.2 Å². The van der Waals surface area contributed by atoms with Crippen LogP contribution in [0.15, 0.2) is 47.4 Å². The zero-order valence-corrected chi connectivity index (χ0v) is 16.2. The predicted molar refractivity (Wildman–Crippen MR) is 104 cm³/mol. The third kappa shape index (κ3) is 4.10. The van der Waals surface area contributed by atoms with Gasteiger partial charge in [0.15, 0.2) is 5.82 Å². The predicted octanol–water partition coefficient (Wildman–Crippen LogP) is 3.14. The van der Waals surface area contributed by atoms with E-state index in [9.17, 15) is 13.2 Å². The van der Waals surface area contributed by atoms with Gasteiger partial charge < -0.3 is 5.32 Å². The first-order chi connectivity index (χ1) is 12.9. The van der Waals surface area contributed by atoms with Gasteiger partial charge in [0.25, 0.3) is 5.91 Å². The van der Waals surface area contributed by atoms with Crippen molar-refractivity contribution in [1.29, 1.82) is 0 Å². The van der Waals surface area contributed by atoms with Crippen LogP contribution >= 0.6 is 11.3 Å². The summed E-state index contributed by atoms with van der Waals surface area (Å²) in [5, 5.41) is 9.70. The van der Waals surface area contributed by atoms with Crippen molar-refractivity contribution in [2.75, 3.05) is 5.32 Å². The first-order valence-corrected chi connectivity index (χ1v) is 10.8. The molecule has 0 radical (unpaired) electrons. The number of sulfonamides is 1. The third-order valence-corrected chi connectivity index (χ3v) is 6.68. The van der Waals surface area contributed by atoms with E-state index in [1.165, 1.54) is 17.0 Å². The standard InChI is InChI=1S/C18H18N4O3S2/c1-11-5-8-16(26-11)15-10-17(21-20-15)19-18(23)12-3-2-4-14(9-12)27(24,25)22-13-6-7-13/h2-5,8-10,13,22H,6-7H2,1H3,(H2,19,20,21,23). The molecule has 1 saturated carbocycles. The molecule has 27 heavy (non-hydrogen) atoms. The van der Waals surface area contributed by atoms with Gasteiger partial charge in [0.1, 0.15) is 0 Å². The molecule has 4 rings (SSSR count). The normalized spacial score (nSPS) is 14.3. The van der Waals surface area contributed by atoms with E-state index in [2.05, 4.69) is 20.2 Å². The Kier molecular flexibility index (Phi) is 4.58. The van der Waals surface area contributed by atoms with E-state index in [1.807, 2.05) is 19.1 Å². The highest BCUT2D eigenvalue weighted by atomic mass is 32.2. The maximum Gasteiger partial charge on any atom is 0.256 e. The molecule has 0 atom stereocenters. The fourth-order valence-electron chi connectivity index (χ4n) is 2.57. The molecule has 2 heterocycles. The van der Waals surface area contributed by atoms with Crippen molar-refractivity contribution in [3.63, 3.8) is 0 Å². The number of aromatic amines is 1. The molecule has 0 spiro atoms. The van der Waals surface area contributed by atoms with E-state index in [-0.39, 0.29) is 16.5 Å². The fraction of sp³-hybridized carbons (Fsp3) is 0.222. The van der Waals surface area contributed by atoms with Gasteiger partial charge in [-0.25, -0.2) is 13.1 Å². The fourth-order valence-corrected chi connectivity index (χ4v) is 4.76. The summed E-state index contributed by atoms with van der Waals surface area (Å²) < 4.78 is 27.2. The van der Waals surface area contributed by atoms with Gasteiger partial charge in [0.05, 0.1) is 15.5 Å². The molecular formula is C18H18N4O3S2. The quantitative estimate of drug-likeness (QED) is 0.589. The summed E-state index contributed by atoms with van der Waals surface area (Å²) in [6, 6.07) is 11.7. The van der Waals surface area contributed by atoms with E-state index < -0.39 is 15.9 Å². The Bertz CT molecular complexity index is 1100. The molecule has 7 nitrogen and oxygen atoms in total. The van der Waals surface area contributed by atoms with Gasteiger partial charge in [-0.2, -0.15) is 5.10 Å². The van der Waals surface area contributed by atoms with Crippen LogP contribution in [0.4, 0.5) is 5.82 Å². The minimum absolute atomic E-state index is 0.0100. The van der Waals surface area contributed by atoms with Crippen molar-refractivity contribution in [2.24, 2.45) is 0 Å². The van der Waals surface area contributed by atoms with Gasteiger partial charge in [0, 0.05) is 22.5 Å². The topological polar surface area (TPSA) is 104 Å². The van der Waals surface area contributed by atoms with Crippen molar-refractivity contribution in [3.8, 4) is 10.6 Å². The molecule has 3 aromatic rings. The van der Waals surface area contributed by atoms with Crippen LogP contribution in [0.1, 0.15) is 28.1 Å². The highest BCUT2D eigenvalue weighted by molar-refractivity contribution is 7.89. The van der Waals surface area contributed by atoms with Crippen molar-refractivity contribution in [1.82, 2.24) is 14.9 Å². The Morgan fingerprint density at radius 3 is 2.74 bits per heavy atom. The maximum atomic E-state index is 12.5. The Labute approximate surface area is 160 Å². The van der Waals surface area contributed by atoms with Crippen LogP contribution in [0.3, 0.4) is 0 Å². The molecule has 0 aliphatic heterocycles. The minimum atomic E-state index is -3.61. The second-order valence-corrected chi connectivity index (χ2v) is 9.46. The van der Waals surface area contributed by atoms with Crippen molar-refractivity contribution in [3.05, 3.63) is 52.9 Å². The summed E-state index contributed by atoms with van der Waals surface area (Å²) in [6.45, 7) is 2.02. The number of thiophene rings is 1. The lowest BCUT2D eigenvalue weighted by atomic mass is 10.2. The lowest BCUT2D eigenvalue weighted by Crippen LogP contribution is -2.26. The number of aromatic nitrogens is 2. The Hall–Kier alpha value is -2.49. The van der Waals surface area contributed by atoms with Gasteiger partial charge in [-0.05, 0) is 50.1 Å².